The van der Waals surface area contributed by atoms with Crippen molar-refractivity contribution in [2.45, 2.75) is 96.4 Å². The first-order valence-corrected chi connectivity index (χ1v) is 20.9. The van der Waals surface area contributed by atoms with Gasteiger partial charge in [-0.2, -0.15) is 119 Å². The molecule has 2 atom stereocenters. The first kappa shape index (κ1) is 76.5. The summed E-state index contributed by atoms with van der Waals surface area (Å²) in [6.07, 6.45) is -11.6. The topological polar surface area (TPSA) is 214 Å². The van der Waals surface area contributed by atoms with Gasteiger partial charge in [-0.3, -0.25) is 34.1 Å². The molecule has 0 spiro atoms. The van der Waals surface area contributed by atoms with E-state index >= 15 is 17.6 Å². The summed E-state index contributed by atoms with van der Waals surface area (Å²) < 4.78 is 382. The first-order chi connectivity index (χ1) is 34.9. The first-order valence-electron chi connectivity index (χ1n) is 20.9. The summed E-state index contributed by atoms with van der Waals surface area (Å²) in [4.78, 5) is 62.5. The number of hydrogen-bond acceptors (Lipinski definition) is 14. The molecule has 0 aromatic carbocycles. The van der Waals surface area contributed by atoms with E-state index in [-0.39, 0.29) is 71.0 Å². The van der Waals surface area contributed by atoms with Gasteiger partial charge in [0.15, 0.2) is 0 Å². The van der Waals surface area contributed by atoms with Crippen LogP contribution in [-0.2, 0) is 24.0 Å². The molecule has 2 unspecified atom stereocenters. The number of carboxylic acid groups (broad SMARTS) is 3. The number of rotatable bonds is 25. The molecule has 1 fully saturated rings. The maximum atomic E-state index is 15.6. The third-order valence-electron chi connectivity index (χ3n) is 11.5. The summed E-state index contributed by atoms with van der Waals surface area (Å²) in [5.74, 6) is -116. The monoisotopic (exact) mass is 1390 g/mol. The molecule has 1 aliphatic rings. The van der Waals surface area contributed by atoms with Crippen LogP contribution in [0.5, 0.6) is 0 Å². The number of likely N-dealkylation sites (N-methyl/N-ethyl adjacent to an activating group) is 1. The molecule has 16 nitrogen and oxygen atoms in total. The maximum absolute atomic E-state index is 15.6. The zero-order valence-electron chi connectivity index (χ0n) is 39.5. The van der Waals surface area contributed by atoms with Crippen molar-refractivity contribution in [1.29, 1.82) is 0 Å². The molecular formula is C36H38F27GdN6O10. The van der Waals surface area contributed by atoms with Crippen molar-refractivity contribution in [3.63, 3.8) is 0 Å². The van der Waals surface area contributed by atoms with Crippen molar-refractivity contribution >= 4 is 29.7 Å². The van der Waals surface area contributed by atoms with Crippen LogP contribution in [0.1, 0.15) is 6.92 Å². The Morgan fingerprint density at radius 2 is 0.713 bits per heavy atom. The van der Waals surface area contributed by atoms with Crippen molar-refractivity contribution in [3.8, 4) is 0 Å². The second-order valence-electron chi connectivity index (χ2n) is 17.0. The van der Waals surface area contributed by atoms with E-state index in [0.29, 0.717) is 7.05 Å². The molecule has 0 aromatic heterocycles. The number of aliphatic hydroxyl groups is 2. The number of carbonyl (C=O) groups excluding carboxylic acids is 5. The minimum absolute atomic E-state index is 0. The summed E-state index contributed by atoms with van der Waals surface area (Å²) in [5.41, 5.74) is 0. The van der Waals surface area contributed by atoms with Gasteiger partial charge in [0.05, 0.1) is 49.8 Å². The molecule has 1 aliphatic heterocycles. The molecule has 44 heteroatoms. The number of halogens is 27. The van der Waals surface area contributed by atoms with Crippen LogP contribution in [0.2, 0.25) is 0 Å². The van der Waals surface area contributed by atoms with Crippen LogP contribution in [0.15, 0.2) is 0 Å². The maximum Gasteiger partial charge on any atom is 3.00 e. The zero-order valence-corrected chi connectivity index (χ0v) is 41.7. The number of carbonyl (C=O) groups is 5. The van der Waals surface area contributed by atoms with Crippen LogP contribution >= 0.6 is 0 Å². The fourth-order valence-corrected chi connectivity index (χ4v) is 6.76. The number of hydrogen-bond donors (Lipinski definition) is 2. The molecule has 2 N–H and O–H groups in total. The van der Waals surface area contributed by atoms with Gasteiger partial charge in [0, 0.05) is 79.0 Å². The van der Waals surface area contributed by atoms with Gasteiger partial charge in [-0.15, -0.1) is 0 Å². The fourth-order valence-electron chi connectivity index (χ4n) is 6.76. The molecule has 0 aromatic rings. The third kappa shape index (κ3) is 14.2. The van der Waals surface area contributed by atoms with Crippen molar-refractivity contribution in [3.05, 3.63) is 0 Å². The van der Waals surface area contributed by atoms with E-state index in [1.165, 1.54) is 0 Å². The second-order valence-corrected chi connectivity index (χ2v) is 17.0. The minimum atomic E-state index is -10.0. The molecule has 1 heterocycles. The third-order valence-corrected chi connectivity index (χ3v) is 11.5. The van der Waals surface area contributed by atoms with Crippen LogP contribution in [0, 0.1) is 39.9 Å². The van der Waals surface area contributed by atoms with Gasteiger partial charge in [-0.25, -0.2) is 0 Å². The second kappa shape index (κ2) is 25.8. The van der Waals surface area contributed by atoms with Crippen molar-refractivity contribution < 1.29 is 208 Å². The summed E-state index contributed by atoms with van der Waals surface area (Å²) in [6, 6.07) is -9.83. The van der Waals surface area contributed by atoms with Crippen LogP contribution in [0.4, 0.5) is 119 Å². The molecule has 1 rings (SSSR count). The minimum Gasteiger partial charge on any atom is -0.549 e. The van der Waals surface area contributed by atoms with Gasteiger partial charge < -0.3 is 44.8 Å². The fraction of sp³-hybridized carbons (Fsp3) is 0.861. The molecule has 80 heavy (non-hydrogen) atoms. The van der Waals surface area contributed by atoms with E-state index in [4.69, 9.17) is 5.11 Å². The van der Waals surface area contributed by atoms with Crippen LogP contribution in [-0.4, -0.2) is 258 Å². The van der Waals surface area contributed by atoms with E-state index in [1.54, 1.807) is 0 Å². The van der Waals surface area contributed by atoms with Crippen molar-refractivity contribution in [2.24, 2.45) is 0 Å². The molecular weight excluding hydrogens is 1350 g/mol. The smallest absolute Gasteiger partial charge is 0.549 e. The van der Waals surface area contributed by atoms with E-state index in [1.807, 2.05) is 0 Å². The van der Waals surface area contributed by atoms with Gasteiger partial charge >= 0.3 is 117 Å². The van der Waals surface area contributed by atoms with Gasteiger partial charge in [-0.1, -0.05) is 0 Å². The zero-order chi connectivity index (χ0) is 62.9. The van der Waals surface area contributed by atoms with Crippen LogP contribution in [0.3, 0.4) is 0 Å². The molecule has 0 bridgehead atoms. The Hall–Kier alpha value is -3.46. The molecule has 2 amide bonds. The van der Waals surface area contributed by atoms with Crippen molar-refractivity contribution in [1.82, 2.24) is 29.4 Å². The predicted molar refractivity (Wildman–Crippen MR) is 193 cm³/mol. The Morgan fingerprint density at radius 3 is 0.963 bits per heavy atom. The molecule has 1 saturated heterocycles. The number of amides is 2. The number of nitrogens with zero attached hydrogens (tertiary/aromatic N) is 6. The van der Waals surface area contributed by atoms with E-state index in [2.05, 4.69) is 0 Å². The Morgan fingerprint density at radius 1 is 0.463 bits per heavy atom. The van der Waals surface area contributed by atoms with Gasteiger partial charge in [0.2, 0.25) is 11.8 Å². The molecule has 1 radical (unpaired) electrons. The molecule has 469 valence electrons. The van der Waals surface area contributed by atoms with Gasteiger partial charge in [-0.05, 0) is 6.92 Å². The molecule has 0 saturated carbocycles. The Bertz CT molecular complexity index is 2130. The largest absolute Gasteiger partial charge is 3.00 e. The number of carboxylic acids is 3. The predicted octanol–water partition coefficient (Wildman–Crippen LogP) is 0.630. The Balaban J connectivity index is 0.0000624. The number of aliphatic carboxylic acids is 3. The quantitative estimate of drug-likeness (QED) is 0.0949. The summed E-state index contributed by atoms with van der Waals surface area (Å²) >= 11 is 0. The van der Waals surface area contributed by atoms with Crippen molar-refractivity contribution in [2.75, 3.05) is 98.7 Å². The van der Waals surface area contributed by atoms with Gasteiger partial charge in [0.25, 0.3) is 0 Å². The average Bonchev–Trinajstić information content (AvgIpc) is 3.28. The summed E-state index contributed by atoms with van der Waals surface area (Å²) in [6.45, 7) is -12.6. The number of alkyl halides is 27. The van der Waals surface area contributed by atoms with Gasteiger partial charge in [0.1, 0.15) is 0 Å². The Kier molecular flexibility index (Phi) is 24.7. The van der Waals surface area contributed by atoms with Crippen LogP contribution in [0.25, 0.3) is 0 Å². The van der Waals surface area contributed by atoms with Crippen LogP contribution < -0.4 is 15.3 Å². The normalized spacial score (nSPS) is 18.1. The Labute approximate surface area is 460 Å². The SMILES string of the molecule is CC(C(=O)N(C)CC(=O)N(CC(O)CO)C(F)(F)C(F)(F)C(F)(F)C(F)(F)C(F)(F)C(F)(F)C(F)(F)C(F)(F)C(F)(F)C(F)(F)C(F)(F)C(F)(F)C(F)(F)F)N1CCN(CC(=O)[O-])CCN(CC(=O)[O-])CCN(CC(=O)[O-])CC1.[Gd+3]. The van der Waals surface area contributed by atoms with E-state index in [0.717, 1.165) is 26.5 Å². The average molecular weight is 1380 g/mol. The van der Waals surface area contributed by atoms with E-state index < -0.39 is 190 Å². The standard InChI is InChI=1S/C36H41F27N6O10.Gd/c1-17(68-9-7-66(14-21(75)76)5-3-65(13-20(73)74)4-6-67(8-10-68)15-22(77)78)23(79)64(2)12-19(72)69(11-18(71)16-70)36(62,63)34(57,58)32(53,54)30(49,50)28(45,46)26(41,42)24(37,38)25(39,40)27(43,44)29(47,48)31(51,52)33(55,56)35(59,60)61;/h17-18,70-71H,3-16H2,1-2H3,(H,73,74)(H,75,76)(H,77,78);/q;+3/p-3. The summed E-state index contributed by atoms with van der Waals surface area (Å²) in [5, 5.41) is 52.9. The number of aliphatic hydroxyl groups excluding tert-OH is 2. The molecule has 0 aliphatic carbocycles. The summed E-state index contributed by atoms with van der Waals surface area (Å²) in [7, 11) is 0.296. The van der Waals surface area contributed by atoms with E-state index in [9.17, 15) is 145 Å².